The first-order valence-electron chi connectivity index (χ1n) is 13.1. The minimum Gasteiger partial charge on any atom is -0.393 e. The fourth-order valence-corrected chi connectivity index (χ4v) is 7.76. The SMILES string of the molecule is CC(C)CC[C@@H](O)[C@@H](C)[C@H]1CC[C@H]2[C@@H]3CC=CCC(C)CC[C@H](C)[C@H]3CC[C@]12C. The van der Waals surface area contributed by atoms with Crippen molar-refractivity contribution in [2.45, 2.75) is 112 Å². The van der Waals surface area contributed by atoms with Gasteiger partial charge in [0.1, 0.15) is 0 Å². The highest BCUT2D eigenvalue weighted by Gasteiger charge is 2.55. The Kier molecular flexibility index (Phi) is 7.96. The molecule has 0 saturated heterocycles. The molecule has 0 heterocycles. The lowest BCUT2D eigenvalue weighted by Crippen LogP contribution is -2.45. The first-order valence-corrected chi connectivity index (χ1v) is 13.1. The predicted molar refractivity (Wildman–Crippen MR) is 126 cm³/mol. The monoisotopic (exact) mass is 402 g/mol. The summed E-state index contributed by atoms with van der Waals surface area (Å²) < 4.78 is 0. The van der Waals surface area contributed by atoms with Crippen LogP contribution in [-0.4, -0.2) is 11.2 Å². The van der Waals surface area contributed by atoms with E-state index in [1.807, 2.05) is 0 Å². The van der Waals surface area contributed by atoms with Crippen molar-refractivity contribution in [1.29, 1.82) is 0 Å². The molecule has 3 aliphatic carbocycles. The first kappa shape index (κ1) is 23.4. The highest BCUT2D eigenvalue weighted by Crippen LogP contribution is 2.63. The smallest absolute Gasteiger partial charge is 0.0568 e. The summed E-state index contributed by atoms with van der Waals surface area (Å²) >= 11 is 0. The van der Waals surface area contributed by atoms with Gasteiger partial charge in [0.15, 0.2) is 0 Å². The molecule has 3 aliphatic rings. The second-order valence-corrected chi connectivity index (χ2v) is 12.2. The van der Waals surface area contributed by atoms with Gasteiger partial charge in [0, 0.05) is 0 Å². The molecule has 3 rings (SSSR count). The molecule has 1 heteroatoms. The van der Waals surface area contributed by atoms with Gasteiger partial charge in [-0.2, -0.15) is 0 Å². The summed E-state index contributed by atoms with van der Waals surface area (Å²) in [6.07, 6.45) is 18.0. The Morgan fingerprint density at radius 1 is 0.897 bits per heavy atom. The fraction of sp³-hybridized carbons (Fsp3) is 0.929. The van der Waals surface area contributed by atoms with Crippen LogP contribution in [0.3, 0.4) is 0 Å². The molecule has 168 valence electrons. The number of aliphatic hydroxyl groups is 1. The highest BCUT2D eigenvalue weighted by molar-refractivity contribution is 5.06. The molecule has 2 saturated carbocycles. The summed E-state index contributed by atoms with van der Waals surface area (Å²) in [6.45, 7) is 14.5. The lowest BCUT2D eigenvalue weighted by Gasteiger charge is -2.52. The van der Waals surface area contributed by atoms with Crippen molar-refractivity contribution in [1.82, 2.24) is 0 Å². The van der Waals surface area contributed by atoms with Crippen LogP contribution < -0.4 is 0 Å². The summed E-state index contributed by atoms with van der Waals surface area (Å²) in [6, 6.07) is 0. The van der Waals surface area contributed by atoms with Gasteiger partial charge in [-0.1, -0.05) is 66.5 Å². The van der Waals surface area contributed by atoms with Gasteiger partial charge in [-0.25, -0.2) is 0 Å². The molecule has 0 aromatic rings. The summed E-state index contributed by atoms with van der Waals surface area (Å²) in [4.78, 5) is 0. The molecule has 0 amide bonds. The molecule has 0 aromatic carbocycles. The minimum atomic E-state index is -0.111. The number of hydrogen-bond acceptors (Lipinski definition) is 1. The number of rotatable bonds is 5. The van der Waals surface area contributed by atoms with Crippen LogP contribution >= 0.6 is 0 Å². The van der Waals surface area contributed by atoms with E-state index in [4.69, 9.17) is 0 Å². The predicted octanol–water partition coefficient (Wildman–Crippen LogP) is 7.88. The van der Waals surface area contributed by atoms with E-state index in [1.54, 1.807) is 0 Å². The van der Waals surface area contributed by atoms with Gasteiger partial charge in [-0.15, -0.1) is 0 Å². The molecule has 2 fully saturated rings. The van der Waals surface area contributed by atoms with E-state index < -0.39 is 0 Å². The maximum absolute atomic E-state index is 11.0. The second-order valence-electron chi connectivity index (χ2n) is 12.2. The van der Waals surface area contributed by atoms with E-state index in [1.165, 1.54) is 51.4 Å². The van der Waals surface area contributed by atoms with Gasteiger partial charge in [-0.3, -0.25) is 0 Å². The van der Waals surface area contributed by atoms with Crippen molar-refractivity contribution in [2.75, 3.05) is 0 Å². The molecule has 1 N–H and O–H groups in total. The van der Waals surface area contributed by atoms with Crippen molar-refractivity contribution in [3.63, 3.8) is 0 Å². The molecule has 1 unspecified atom stereocenters. The minimum absolute atomic E-state index is 0.111. The Morgan fingerprint density at radius 2 is 1.62 bits per heavy atom. The van der Waals surface area contributed by atoms with E-state index in [2.05, 4.69) is 53.7 Å². The Balaban J connectivity index is 1.75. The Morgan fingerprint density at radius 3 is 2.34 bits per heavy atom. The molecule has 0 radical (unpaired) electrons. The summed E-state index contributed by atoms with van der Waals surface area (Å²) in [5.74, 6) is 6.25. The lowest BCUT2D eigenvalue weighted by atomic mass is 9.53. The van der Waals surface area contributed by atoms with Crippen molar-refractivity contribution >= 4 is 0 Å². The first-order chi connectivity index (χ1) is 13.7. The summed E-state index contributed by atoms with van der Waals surface area (Å²) in [5, 5.41) is 11.0. The second kappa shape index (κ2) is 9.88. The van der Waals surface area contributed by atoms with Crippen LogP contribution in [0.1, 0.15) is 106 Å². The number of allylic oxidation sites excluding steroid dienone is 2. The number of hydrogen-bond donors (Lipinski definition) is 1. The molecule has 29 heavy (non-hydrogen) atoms. The average Bonchev–Trinajstić information content (AvgIpc) is 3.03. The van der Waals surface area contributed by atoms with Crippen LogP contribution in [0, 0.1) is 52.8 Å². The van der Waals surface area contributed by atoms with Gasteiger partial charge in [0.25, 0.3) is 0 Å². The zero-order valence-electron chi connectivity index (χ0n) is 20.4. The third kappa shape index (κ3) is 5.13. The highest BCUT2D eigenvalue weighted by atomic mass is 16.3. The maximum atomic E-state index is 11.0. The fourth-order valence-electron chi connectivity index (χ4n) is 7.76. The summed E-state index contributed by atoms with van der Waals surface area (Å²) in [5.41, 5.74) is 0.449. The summed E-state index contributed by atoms with van der Waals surface area (Å²) in [7, 11) is 0. The van der Waals surface area contributed by atoms with Crippen molar-refractivity contribution in [2.24, 2.45) is 52.8 Å². The van der Waals surface area contributed by atoms with Gasteiger partial charge < -0.3 is 5.11 Å². The van der Waals surface area contributed by atoms with Crippen LogP contribution in [0.15, 0.2) is 12.2 Å². The Labute approximate surface area is 182 Å². The van der Waals surface area contributed by atoms with E-state index in [9.17, 15) is 5.11 Å². The third-order valence-corrected chi connectivity index (χ3v) is 9.81. The molecule has 9 atom stereocenters. The molecule has 0 aliphatic heterocycles. The van der Waals surface area contributed by atoms with Crippen molar-refractivity contribution in [3.8, 4) is 0 Å². The average molecular weight is 403 g/mol. The van der Waals surface area contributed by atoms with E-state index in [0.29, 0.717) is 23.2 Å². The largest absolute Gasteiger partial charge is 0.393 e. The zero-order chi connectivity index (χ0) is 21.2. The Bertz CT molecular complexity index is 536. The molecular formula is C28H50O. The van der Waals surface area contributed by atoms with Crippen LogP contribution in [0.2, 0.25) is 0 Å². The number of fused-ring (bicyclic) bond motifs is 3. The van der Waals surface area contributed by atoms with Crippen molar-refractivity contribution < 1.29 is 5.11 Å². The normalized spacial score (nSPS) is 42.9. The van der Waals surface area contributed by atoms with Gasteiger partial charge >= 0.3 is 0 Å². The van der Waals surface area contributed by atoms with Crippen molar-refractivity contribution in [3.05, 3.63) is 12.2 Å². The van der Waals surface area contributed by atoms with Gasteiger partial charge in [0.2, 0.25) is 0 Å². The van der Waals surface area contributed by atoms with E-state index in [0.717, 1.165) is 42.4 Å². The van der Waals surface area contributed by atoms with E-state index >= 15 is 0 Å². The van der Waals surface area contributed by atoms with E-state index in [-0.39, 0.29) is 6.10 Å². The zero-order valence-corrected chi connectivity index (χ0v) is 20.4. The molecule has 0 aromatic heterocycles. The maximum Gasteiger partial charge on any atom is 0.0568 e. The van der Waals surface area contributed by atoms with Crippen LogP contribution in [0.25, 0.3) is 0 Å². The topological polar surface area (TPSA) is 20.2 Å². The third-order valence-electron chi connectivity index (χ3n) is 9.81. The molecular weight excluding hydrogens is 352 g/mol. The van der Waals surface area contributed by atoms with Gasteiger partial charge in [-0.05, 0) is 104 Å². The Hall–Kier alpha value is -0.300. The van der Waals surface area contributed by atoms with Crippen LogP contribution in [-0.2, 0) is 0 Å². The molecule has 0 bridgehead atoms. The van der Waals surface area contributed by atoms with Crippen LogP contribution in [0.5, 0.6) is 0 Å². The quantitative estimate of drug-likeness (QED) is 0.464. The number of aliphatic hydroxyl groups excluding tert-OH is 1. The lowest BCUT2D eigenvalue weighted by molar-refractivity contribution is -0.0422. The molecule has 1 nitrogen and oxygen atoms in total. The van der Waals surface area contributed by atoms with Gasteiger partial charge in [0.05, 0.1) is 6.10 Å². The standard InChI is InChI=1S/C28H50O/c1-19(2)11-16-27(29)22(5)25-14-15-26-24-10-8-7-9-20(3)12-13-21(4)23(24)17-18-28(25,26)6/h7-8,19-27,29H,9-18H2,1-6H3/t20?,21-,22-,23+,24+,25+,26-,27+,28+/m0/s1. The van der Waals surface area contributed by atoms with Crippen LogP contribution in [0.4, 0.5) is 0 Å². The molecule has 0 spiro atoms.